The van der Waals surface area contributed by atoms with Crippen molar-refractivity contribution in [2.75, 3.05) is 20.2 Å². The Morgan fingerprint density at radius 2 is 2.16 bits per heavy atom. The fourth-order valence-corrected chi connectivity index (χ4v) is 1.24. The summed E-state index contributed by atoms with van der Waals surface area (Å²) in [5, 5.41) is 13.2. The molecule has 0 unspecified atom stereocenters. The molecule has 6 heteroatoms. The summed E-state index contributed by atoms with van der Waals surface area (Å²) in [6.07, 6.45) is 0. The van der Waals surface area contributed by atoms with Crippen LogP contribution in [0.25, 0.3) is 0 Å². The van der Waals surface area contributed by atoms with Crippen molar-refractivity contribution in [1.82, 2.24) is 10.6 Å². The molecule has 0 spiro atoms. The molecule has 1 aromatic rings. The van der Waals surface area contributed by atoms with Gasteiger partial charge in [0.1, 0.15) is 12.4 Å². The molecule has 0 aromatic heterocycles. The molecular weight excluding hydrogens is 251 g/mol. The van der Waals surface area contributed by atoms with E-state index in [9.17, 15) is 14.0 Å². The number of aliphatic hydroxyl groups excluding tert-OH is 1. The van der Waals surface area contributed by atoms with Crippen LogP contribution in [0.3, 0.4) is 0 Å². The van der Waals surface area contributed by atoms with Gasteiger partial charge in [-0.1, -0.05) is 11.8 Å². The monoisotopic (exact) mass is 264 g/mol. The van der Waals surface area contributed by atoms with E-state index in [0.717, 1.165) is 6.07 Å². The number of hydrogen-bond acceptors (Lipinski definition) is 3. The topological polar surface area (TPSA) is 78.4 Å². The minimum atomic E-state index is -0.659. The standard InChI is InChI=1S/C13H13FN2O3/c1-15-12(18)8-16-13(19)10-5-4-9(3-2-6-17)11(14)7-10/h4-5,7,17H,6,8H2,1H3,(H,15,18)(H,16,19). The summed E-state index contributed by atoms with van der Waals surface area (Å²) >= 11 is 0. The summed E-state index contributed by atoms with van der Waals surface area (Å²) in [6.45, 7) is -0.545. The van der Waals surface area contributed by atoms with Crippen LogP contribution in [0.4, 0.5) is 4.39 Å². The Hall–Kier alpha value is -2.39. The molecule has 0 aliphatic carbocycles. The molecule has 0 aliphatic rings. The summed E-state index contributed by atoms with van der Waals surface area (Å²) in [5.74, 6) is 3.17. The molecule has 0 bridgehead atoms. The highest BCUT2D eigenvalue weighted by Gasteiger charge is 2.09. The average molecular weight is 264 g/mol. The summed E-state index contributed by atoms with van der Waals surface area (Å²) in [7, 11) is 1.45. The van der Waals surface area contributed by atoms with Crippen LogP contribution in [-0.2, 0) is 4.79 Å². The lowest BCUT2D eigenvalue weighted by Gasteiger charge is -2.05. The summed E-state index contributed by atoms with van der Waals surface area (Å²) in [6, 6.07) is 3.76. The Morgan fingerprint density at radius 1 is 1.42 bits per heavy atom. The normalized spacial score (nSPS) is 9.21. The lowest BCUT2D eigenvalue weighted by molar-refractivity contribution is -0.119. The summed E-state index contributed by atoms with van der Waals surface area (Å²) in [5.41, 5.74) is 0.188. The molecule has 0 saturated heterocycles. The maximum Gasteiger partial charge on any atom is 0.251 e. The van der Waals surface area contributed by atoms with Gasteiger partial charge in [0.15, 0.2) is 0 Å². The van der Waals surface area contributed by atoms with Crippen molar-refractivity contribution in [2.24, 2.45) is 0 Å². The van der Waals surface area contributed by atoms with Gasteiger partial charge < -0.3 is 15.7 Å². The largest absolute Gasteiger partial charge is 0.384 e. The van der Waals surface area contributed by atoms with Crippen LogP contribution in [0.2, 0.25) is 0 Å². The van der Waals surface area contributed by atoms with Crippen LogP contribution < -0.4 is 10.6 Å². The van der Waals surface area contributed by atoms with E-state index in [1.54, 1.807) is 0 Å². The van der Waals surface area contributed by atoms with E-state index < -0.39 is 11.7 Å². The fraction of sp³-hybridized carbons (Fsp3) is 0.231. The van der Waals surface area contributed by atoms with Gasteiger partial charge in [-0.3, -0.25) is 9.59 Å². The predicted octanol–water partition coefficient (Wildman–Crippen LogP) is -0.355. The summed E-state index contributed by atoms with van der Waals surface area (Å²) < 4.78 is 13.6. The number of aliphatic hydroxyl groups is 1. The van der Waals surface area contributed by atoms with Crippen molar-refractivity contribution in [3.05, 3.63) is 35.1 Å². The second-order valence-corrected chi connectivity index (χ2v) is 3.51. The fourth-order valence-electron chi connectivity index (χ4n) is 1.24. The van der Waals surface area contributed by atoms with Crippen molar-refractivity contribution >= 4 is 11.8 Å². The number of hydrogen-bond donors (Lipinski definition) is 3. The molecule has 0 atom stereocenters. The molecule has 0 aliphatic heterocycles. The Labute approximate surface area is 109 Å². The van der Waals surface area contributed by atoms with Gasteiger partial charge in [0.05, 0.1) is 12.1 Å². The molecule has 0 saturated carbocycles. The van der Waals surface area contributed by atoms with Gasteiger partial charge >= 0.3 is 0 Å². The molecule has 0 radical (unpaired) electrons. The number of halogens is 1. The van der Waals surface area contributed by atoms with Gasteiger partial charge in [0.2, 0.25) is 5.91 Å². The van der Waals surface area contributed by atoms with Crippen LogP contribution in [-0.4, -0.2) is 37.1 Å². The number of amides is 2. The van der Waals surface area contributed by atoms with Crippen molar-refractivity contribution in [3.63, 3.8) is 0 Å². The smallest absolute Gasteiger partial charge is 0.251 e. The molecule has 0 heterocycles. The Kier molecular flexibility index (Phi) is 5.51. The number of carbonyl (C=O) groups excluding carboxylic acids is 2. The maximum absolute atomic E-state index is 13.6. The first-order valence-corrected chi connectivity index (χ1v) is 5.46. The predicted molar refractivity (Wildman–Crippen MR) is 66.8 cm³/mol. The van der Waals surface area contributed by atoms with E-state index in [1.807, 2.05) is 0 Å². The number of carbonyl (C=O) groups is 2. The van der Waals surface area contributed by atoms with Crippen molar-refractivity contribution in [2.45, 2.75) is 0 Å². The molecule has 100 valence electrons. The van der Waals surface area contributed by atoms with Gasteiger partial charge in [0.25, 0.3) is 5.91 Å². The number of likely N-dealkylation sites (N-methyl/N-ethyl adjacent to an activating group) is 1. The summed E-state index contributed by atoms with van der Waals surface area (Å²) in [4.78, 5) is 22.6. The minimum Gasteiger partial charge on any atom is -0.384 e. The third kappa shape index (κ3) is 4.41. The first kappa shape index (κ1) is 14.7. The molecule has 3 N–H and O–H groups in total. The number of nitrogens with one attached hydrogen (secondary N) is 2. The molecule has 2 amide bonds. The minimum absolute atomic E-state index is 0.0935. The van der Waals surface area contributed by atoms with Gasteiger partial charge in [-0.05, 0) is 18.2 Å². The Balaban J connectivity index is 2.77. The average Bonchev–Trinajstić information content (AvgIpc) is 2.42. The first-order chi connectivity index (χ1) is 9.08. The van der Waals surface area contributed by atoms with Gasteiger partial charge in [-0.25, -0.2) is 4.39 Å². The Morgan fingerprint density at radius 3 is 2.74 bits per heavy atom. The second kappa shape index (κ2) is 7.13. The van der Waals surface area contributed by atoms with Crippen molar-refractivity contribution < 1.29 is 19.1 Å². The van der Waals surface area contributed by atoms with Crippen LogP contribution in [0.1, 0.15) is 15.9 Å². The van der Waals surface area contributed by atoms with Crippen LogP contribution in [0.5, 0.6) is 0 Å². The van der Waals surface area contributed by atoms with Gasteiger partial charge in [0, 0.05) is 12.6 Å². The van der Waals surface area contributed by atoms with E-state index >= 15 is 0 Å². The highest BCUT2D eigenvalue weighted by Crippen LogP contribution is 2.09. The molecule has 19 heavy (non-hydrogen) atoms. The second-order valence-electron chi connectivity index (χ2n) is 3.51. The molecule has 0 fully saturated rings. The zero-order valence-corrected chi connectivity index (χ0v) is 10.3. The molecule has 1 aromatic carbocycles. The lowest BCUT2D eigenvalue weighted by Crippen LogP contribution is -2.35. The van der Waals surface area contributed by atoms with E-state index in [2.05, 4.69) is 22.5 Å². The van der Waals surface area contributed by atoms with Gasteiger partial charge in [-0.2, -0.15) is 0 Å². The van der Waals surface area contributed by atoms with Crippen LogP contribution in [0, 0.1) is 17.7 Å². The van der Waals surface area contributed by atoms with Gasteiger partial charge in [-0.15, -0.1) is 0 Å². The Bertz CT molecular complexity index is 547. The zero-order chi connectivity index (χ0) is 14.3. The van der Waals surface area contributed by atoms with Crippen LogP contribution >= 0.6 is 0 Å². The quantitative estimate of drug-likeness (QED) is 0.653. The van der Waals surface area contributed by atoms with E-state index in [1.165, 1.54) is 19.2 Å². The maximum atomic E-state index is 13.6. The zero-order valence-electron chi connectivity index (χ0n) is 10.3. The SMILES string of the molecule is CNC(=O)CNC(=O)c1ccc(C#CCO)c(F)c1. The number of rotatable bonds is 3. The molecule has 1 rings (SSSR count). The van der Waals surface area contributed by atoms with Crippen molar-refractivity contribution in [3.8, 4) is 11.8 Å². The van der Waals surface area contributed by atoms with E-state index in [0.29, 0.717) is 0 Å². The van der Waals surface area contributed by atoms with Crippen LogP contribution in [0.15, 0.2) is 18.2 Å². The lowest BCUT2D eigenvalue weighted by atomic mass is 10.1. The molecular formula is C13H13FN2O3. The third-order valence-corrected chi connectivity index (χ3v) is 2.22. The molecule has 5 nitrogen and oxygen atoms in total. The first-order valence-electron chi connectivity index (χ1n) is 5.46. The van der Waals surface area contributed by atoms with E-state index in [4.69, 9.17) is 5.11 Å². The highest BCUT2D eigenvalue weighted by atomic mass is 19.1. The number of benzene rings is 1. The highest BCUT2D eigenvalue weighted by molar-refractivity contribution is 5.96. The third-order valence-electron chi connectivity index (χ3n) is 2.22. The van der Waals surface area contributed by atoms with E-state index in [-0.39, 0.29) is 30.2 Å². The van der Waals surface area contributed by atoms with Crippen molar-refractivity contribution in [1.29, 1.82) is 0 Å².